The number of nitrogens with one attached hydrogen (secondary N) is 1. The highest BCUT2D eigenvalue weighted by molar-refractivity contribution is 5.77. The second-order valence-corrected chi connectivity index (χ2v) is 4.77. The minimum atomic E-state index is 0.725. The Balaban J connectivity index is 2.11. The Labute approximate surface area is 111 Å². The van der Waals surface area contributed by atoms with Crippen molar-refractivity contribution in [2.45, 2.75) is 6.92 Å². The molecule has 0 saturated carbocycles. The molecule has 3 rings (SSSR count). The first-order valence-corrected chi connectivity index (χ1v) is 6.09. The number of anilines is 1. The van der Waals surface area contributed by atoms with Gasteiger partial charge in [-0.25, -0.2) is 9.97 Å². The fourth-order valence-corrected chi connectivity index (χ4v) is 1.95. The molecule has 3 heterocycles. The van der Waals surface area contributed by atoms with Crippen LogP contribution in [0.1, 0.15) is 5.56 Å². The molecule has 0 fully saturated rings. The minimum absolute atomic E-state index is 0.725. The molecule has 3 aromatic rings. The van der Waals surface area contributed by atoms with E-state index >= 15 is 0 Å². The van der Waals surface area contributed by atoms with Crippen molar-refractivity contribution in [3.05, 3.63) is 36.2 Å². The summed E-state index contributed by atoms with van der Waals surface area (Å²) in [7, 11) is 3.93. The van der Waals surface area contributed by atoms with Crippen LogP contribution in [-0.2, 0) is 0 Å². The van der Waals surface area contributed by atoms with Crippen LogP contribution in [0.2, 0.25) is 0 Å². The molecule has 0 atom stereocenters. The number of rotatable bonds is 2. The molecular formula is C14H15N5. The van der Waals surface area contributed by atoms with E-state index in [2.05, 4.69) is 26.0 Å². The number of pyridine rings is 2. The molecule has 0 aromatic carbocycles. The van der Waals surface area contributed by atoms with Crippen LogP contribution < -0.4 is 4.90 Å². The fraction of sp³-hybridized carbons (Fsp3) is 0.214. The summed E-state index contributed by atoms with van der Waals surface area (Å²) < 4.78 is 0. The zero-order chi connectivity index (χ0) is 13.4. The number of hydrogen-bond donors (Lipinski definition) is 1. The molecule has 0 spiro atoms. The minimum Gasteiger partial charge on any atom is -0.363 e. The lowest BCUT2D eigenvalue weighted by atomic mass is 10.2. The summed E-state index contributed by atoms with van der Waals surface area (Å²) in [6.45, 7) is 2.02. The standard InChI is InChI=1S/C14H15N5/c1-9-6-10(8-15-7-9)13-16-11-4-5-12(19(2)3)17-14(11)18-13/h4-8H,1-3H3,(H,16,17,18). The average Bonchev–Trinajstić information content (AvgIpc) is 2.81. The van der Waals surface area contributed by atoms with E-state index in [0.29, 0.717) is 0 Å². The first-order chi connectivity index (χ1) is 9.13. The third-order valence-corrected chi connectivity index (χ3v) is 2.94. The molecule has 3 aromatic heterocycles. The zero-order valence-electron chi connectivity index (χ0n) is 11.2. The smallest absolute Gasteiger partial charge is 0.180 e. The van der Waals surface area contributed by atoms with E-state index in [4.69, 9.17) is 0 Å². The number of nitrogens with zero attached hydrogens (tertiary/aromatic N) is 4. The molecule has 19 heavy (non-hydrogen) atoms. The molecule has 0 aliphatic rings. The summed E-state index contributed by atoms with van der Waals surface area (Å²) in [6.07, 6.45) is 3.63. The van der Waals surface area contributed by atoms with Gasteiger partial charge in [0.2, 0.25) is 0 Å². The van der Waals surface area contributed by atoms with Gasteiger partial charge in [-0.1, -0.05) is 0 Å². The fourth-order valence-electron chi connectivity index (χ4n) is 1.95. The lowest BCUT2D eigenvalue weighted by Crippen LogP contribution is -2.10. The molecule has 0 amide bonds. The van der Waals surface area contributed by atoms with Crippen LogP contribution in [0.5, 0.6) is 0 Å². The summed E-state index contributed by atoms with van der Waals surface area (Å²) in [6, 6.07) is 6.02. The van der Waals surface area contributed by atoms with Crippen LogP contribution in [0.3, 0.4) is 0 Å². The van der Waals surface area contributed by atoms with E-state index in [9.17, 15) is 0 Å². The normalized spacial score (nSPS) is 10.9. The molecule has 5 nitrogen and oxygen atoms in total. The predicted molar refractivity (Wildman–Crippen MR) is 76.2 cm³/mol. The molecule has 0 aliphatic carbocycles. The van der Waals surface area contributed by atoms with Gasteiger partial charge in [-0.3, -0.25) is 4.98 Å². The van der Waals surface area contributed by atoms with Crippen LogP contribution in [0.15, 0.2) is 30.6 Å². The molecule has 0 bridgehead atoms. The Morgan fingerprint density at radius 3 is 2.68 bits per heavy atom. The molecule has 0 radical (unpaired) electrons. The Hall–Kier alpha value is -2.43. The Morgan fingerprint density at radius 1 is 1.11 bits per heavy atom. The van der Waals surface area contributed by atoms with Crippen LogP contribution in [0.4, 0.5) is 5.82 Å². The van der Waals surface area contributed by atoms with E-state index in [1.165, 1.54) is 0 Å². The van der Waals surface area contributed by atoms with Crippen LogP contribution in [-0.4, -0.2) is 34.0 Å². The van der Waals surface area contributed by atoms with Gasteiger partial charge in [0.25, 0.3) is 0 Å². The number of aromatic nitrogens is 4. The quantitative estimate of drug-likeness (QED) is 0.762. The zero-order valence-corrected chi connectivity index (χ0v) is 11.2. The molecule has 0 unspecified atom stereocenters. The number of fused-ring (bicyclic) bond motifs is 1. The van der Waals surface area contributed by atoms with Crippen molar-refractivity contribution in [2.24, 2.45) is 0 Å². The molecular weight excluding hydrogens is 238 g/mol. The van der Waals surface area contributed by atoms with Crippen molar-refractivity contribution in [3.8, 4) is 11.4 Å². The van der Waals surface area contributed by atoms with Crippen molar-refractivity contribution < 1.29 is 0 Å². The SMILES string of the molecule is Cc1cncc(-c2nc3nc(N(C)C)ccc3[nH]2)c1. The van der Waals surface area contributed by atoms with Crippen molar-refractivity contribution >= 4 is 17.0 Å². The maximum atomic E-state index is 4.53. The van der Waals surface area contributed by atoms with Crippen LogP contribution >= 0.6 is 0 Å². The number of aryl methyl sites for hydroxylation is 1. The van der Waals surface area contributed by atoms with Crippen molar-refractivity contribution in [3.63, 3.8) is 0 Å². The molecule has 5 heteroatoms. The van der Waals surface area contributed by atoms with Gasteiger partial charge in [0.15, 0.2) is 5.65 Å². The average molecular weight is 253 g/mol. The van der Waals surface area contributed by atoms with Crippen molar-refractivity contribution in [1.29, 1.82) is 0 Å². The van der Waals surface area contributed by atoms with Gasteiger partial charge < -0.3 is 9.88 Å². The van der Waals surface area contributed by atoms with E-state index in [0.717, 1.165) is 33.9 Å². The summed E-state index contributed by atoms with van der Waals surface area (Å²) in [4.78, 5) is 18.5. The largest absolute Gasteiger partial charge is 0.363 e. The first-order valence-electron chi connectivity index (χ1n) is 6.09. The number of hydrogen-bond acceptors (Lipinski definition) is 4. The van der Waals surface area contributed by atoms with E-state index in [1.54, 1.807) is 6.20 Å². The molecule has 1 N–H and O–H groups in total. The Bertz CT molecular complexity index is 730. The van der Waals surface area contributed by atoms with E-state index in [1.807, 2.05) is 44.2 Å². The third-order valence-electron chi connectivity index (χ3n) is 2.94. The van der Waals surface area contributed by atoms with Gasteiger partial charge in [0.1, 0.15) is 11.6 Å². The predicted octanol–water partition coefficient (Wildman–Crippen LogP) is 2.39. The van der Waals surface area contributed by atoms with E-state index in [-0.39, 0.29) is 0 Å². The van der Waals surface area contributed by atoms with Gasteiger partial charge in [-0.05, 0) is 30.7 Å². The Morgan fingerprint density at radius 2 is 1.95 bits per heavy atom. The monoisotopic (exact) mass is 253 g/mol. The lowest BCUT2D eigenvalue weighted by molar-refractivity contribution is 1.08. The molecule has 0 saturated heterocycles. The second kappa shape index (κ2) is 4.35. The lowest BCUT2D eigenvalue weighted by Gasteiger charge is -2.09. The van der Waals surface area contributed by atoms with Gasteiger partial charge in [0.05, 0.1) is 5.52 Å². The summed E-state index contributed by atoms with van der Waals surface area (Å²) >= 11 is 0. The second-order valence-electron chi connectivity index (χ2n) is 4.77. The van der Waals surface area contributed by atoms with Gasteiger partial charge in [-0.2, -0.15) is 0 Å². The van der Waals surface area contributed by atoms with Gasteiger partial charge in [-0.15, -0.1) is 0 Å². The van der Waals surface area contributed by atoms with Crippen molar-refractivity contribution in [2.75, 3.05) is 19.0 Å². The van der Waals surface area contributed by atoms with Crippen molar-refractivity contribution in [1.82, 2.24) is 19.9 Å². The number of aromatic amines is 1. The van der Waals surface area contributed by atoms with Crippen LogP contribution in [0, 0.1) is 6.92 Å². The number of imidazole rings is 1. The van der Waals surface area contributed by atoms with Crippen LogP contribution in [0.25, 0.3) is 22.6 Å². The van der Waals surface area contributed by atoms with Gasteiger partial charge >= 0.3 is 0 Å². The summed E-state index contributed by atoms with van der Waals surface area (Å²) in [5, 5.41) is 0. The van der Waals surface area contributed by atoms with E-state index < -0.39 is 0 Å². The number of H-pyrrole nitrogens is 1. The maximum absolute atomic E-state index is 4.53. The molecule has 0 aliphatic heterocycles. The molecule has 96 valence electrons. The third kappa shape index (κ3) is 2.14. The first kappa shape index (κ1) is 11.6. The highest BCUT2D eigenvalue weighted by atomic mass is 15.1. The summed E-state index contributed by atoms with van der Waals surface area (Å²) in [5.74, 6) is 1.70. The topological polar surface area (TPSA) is 57.7 Å². The highest BCUT2D eigenvalue weighted by Crippen LogP contribution is 2.21. The Kier molecular flexibility index (Phi) is 2.67. The van der Waals surface area contributed by atoms with Gasteiger partial charge in [0, 0.05) is 32.1 Å². The summed E-state index contributed by atoms with van der Waals surface area (Å²) in [5.41, 5.74) is 3.74. The maximum Gasteiger partial charge on any atom is 0.180 e. The highest BCUT2D eigenvalue weighted by Gasteiger charge is 2.08.